The molecule has 0 rings (SSSR count). The number of aliphatic hydroxyl groups is 2. The molecule has 0 aromatic rings. The maximum Gasteiger partial charge on any atom is 0.220 e. The molecule has 78 heavy (non-hydrogen) atoms. The Morgan fingerprint density at radius 3 is 0.897 bits per heavy atom. The number of allylic oxidation sites excluding steroid dienone is 25. The number of unbranched alkanes of at least 4 members (excludes halogenated alkanes) is 27. The Balaban J connectivity index is 3.67. The molecule has 0 aliphatic heterocycles. The quantitative estimate of drug-likeness (QED) is 0.0420. The molecule has 442 valence electrons. The number of carbonyl (C=O) groups excluding carboxylic acids is 1. The third-order valence-corrected chi connectivity index (χ3v) is 14.0. The van der Waals surface area contributed by atoms with E-state index in [1.807, 2.05) is 6.08 Å². The second kappa shape index (κ2) is 67.3. The Kier molecular flexibility index (Phi) is 63.8. The van der Waals surface area contributed by atoms with Crippen molar-refractivity contribution in [1.29, 1.82) is 0 Å². The number of aliphatic hydroxyl groups excluding tert-OH is 2. The summed E-state index contributed by atoms with van der Waals surface area (Å²) in [6, 6.07) is -0.668. The van der Waals surface area contributed by atoms with E-state index in [0.717, 1.165) is 116 Å². The number of hydrogen-bond acceptors (Lipinski definition) is 3. The van der Waals surface area contributed by atoms with E-state index in [9.17, 15) is 15.0 Å². The van der Waals surface area contributed by atoms with E-state index in [0.29, 0.717) is 6.42 Å². The smallest absolute Gasteiger partial charge is 0.220 e. The van der Waals surface area contributed by atoms with Gasteiger partial charge >= 0.3 is 0 Å². The summed E-state index contributed by atoms with van der Waals surface area (Å²) in [5.74, 6) is -0.0974. The van der Waals surface area contributed by atoms with E-state index in [2.05, 4.69) is 165 Å². The molecule has 0 bridgehead atoms. The van der Waals surface area contributed by atoms with Crippen molar-refractivity contribution in [2.24, 2.45) is 0 Å². The van der Waals surface area contributed by atoms with Gasteiger partial charge in [-0.05, 0) is 122 Å². The molecule has 0 aliphatic rings. The molecule has 0 aliphatic carbocycles. The molecule has 0 radical (unpaired) electrons. The lowest BCUT2D eigenvalue weighted by Crippen LogP contribution is -2.45. The molecule has 0 spiro atoms. The molecule has 0 fully saturated rings. The first-order valence-corrected chi connectivity index (χ1v) is 32.7. The van der Waals surface area contributed by atoms with E-state index < -0.39 is 12.1 Å². The third-order valence-electron chi connectivity index (χ3n) is 14.0. The summed E-state index contributed by atoms with van der Waals surface area (Å²) in [5, 5.41) is 23.2. The minimum Gasteiger partial charge on any atom is -0.394 e. The maximum atomic E-state index is 12.5. The summed E-state index contributed by atoms with van der Waals surface area (Å²) < 4.78 is 0. The molecular weight excluding hydrogens is 951 g/mol. The molecule has 0 saturated heterocycles. The molecule has 2 unspecified atom stereocenters. The average Bonchev–Trinajstić information content (AvgIpc) is 3.44. The van der Waals surface area contributed by atoms with Gasteiger partial charge in [-0.15, -0.1) is 0 Å². The first-order valence-electron chi connectivity index (χ1n) is 32.7. The van der Waals surface area contributed by atoms with Crippen molar-refractivity contribution < 1.29 is 15.0 Å². The normalized spacial score (nSPS) is 13.8. The first kappa shape index (κ1) is 74.0. The summed E-state index contributed by atoms with van der Waals surface area (Å²) in [6.07, 6.45) is 107. The Bertz CT molecular complexity index is 1640. The molecule has 0 saturated carbocycles. The van der Waals surface area contributed by atoms with Crippen LogP contribution >= 0.6 is 0 Å². The third kappa shape index (κ3) is 62.8. The van der Waals surface area contributed by atoms with Gasteiger partial charge in [0.25, 0.3) is 0 Å². The van der Waals surface area contributed by atoms with Gasteiger partial charge in [-0.3, -0.25) is 4.79 Å². The van der Waals surface area contributed by atoms with Crippen LogP contribution in [0, 0.1) is 0 Å². The van der Waals surface area contributed by atoms with Crippen LogP contribution in [0.15, 0.2) is 158 Å². The van der Waals surface area contributed by atoms with Crippen LogP contribution in [0.4, 0.5) is 0 Å². The topological polar surface area (TPSA) is 69.6 Å². The molecule has 0 aromatic carbocycles. The lowest BCUT2D eigenvalue weighted by Gasteiger charge is -2.19. The predicted molar refractivity (Wildman–Crippen MR) is 349 cm³/mol. The maximum absolute atomic E-state index is 12.5. The number of rotatable bonds is 58. The minimum absolute atomic E-state index is 0.0974. The standard InChI is InChI=1S/C74H123NO3/c1-3-5-7-9-11-13-15-17-19-21-23-25-27-29-31-33-34-35-36-37-38-39-40-42-44-46-48-50-52-54-56-58-60-62-64-66-68-70-74(78)75-72(71-76)73(77)69-67-65-63-61-59-57-55-53-51-49-47-45-43-41-32-30-28-26-24-22-20-18-16-14-12-10-8-6-4-2/h5,7,11,13,17,19,23,25,29,31,34-35,37-38,40,42,46,48,51-54,59,61,67,69,72-73,76-77H,3-4,6,8-10,12,14-16,18,20-22,24,26-28,30,32-33,36,39,41,43-45,47,49-50,55-58,60,62-66,68,70-71H2,1-2H3,(H,75,78)/b7-5-,13-11-,19-17-,25-23-,31-29-,35-34-,38-37-,42-40-,48-46-,53-51+,54-52-,61-59+,69-67+. The van der Waals surface area contributed by atoms with E-state index in [1.54, 1.807) is 6.08 Å². The van der Waals surface area contributed by atoms with Crippen molar-refractivity contribution in [3.05, 3.63) is 158 Å². The summed E-state index contributed by atoms with van der Waals surface area (Å²) in [4.78, 5) is 12.5. The van der Waals surface area contributed by atoms with E-state index in [1.165, 1.54) is 148 Å². The Morgan fingerprint density at radius 2 is 0.577 bits per heavy atom. The SMILES string of the molecule is CC/C=C\C/C=C\C/C=C\C/C=C\C/C=C\C/C=C\C/C=C\C/C=C\C/C=C\C/C=C\CCCCCCCCC(=O)NC(CO)C(O)/C=C/CC/C=C/CC/C=C/CCCCCCCCCCCCCCCCCCCCC. The van der Waals surface area contributed by atoms with Crippen molar-refractivity contribution >= 4 is 5.91 Å². The van der Waals surface area contributed by atoms with Gasteiger partial charge in [-0.1, -0.05) is 313 Å². The van der Waals surface area contributed by atoms with Gasteiger partial charge in [0.05, 0.1) is 18.8 Å². The van der Waals surface area contributed by atoms with Crippen molar-refractivity contribution in [1.82, 2.24) is 5.32 Å². The van der Waals surface area contributed by atoms with Crippen LogP contribution in [-0.2, 0) is 4.79 Å². The van der Waals surface area contributed by atoms with Crippen LogP contribution in [0.5, 0.6) is 0 Å². The molecule has 4 nitrogen and oxygen atoms in total. The molecule has 3 N–H and O–H groups in total. The average molecular weight is 1070 g/mol. The predicted octanol–water partition coefficient (Wildman–Crippen LogP) is 22.5. The van der Waals surface area contributed by atoms with Gasteiger partial charge < -0.3 is 15.5 Å². The summed E-state index contributed by atoms with van der Waals surface area (Å²) >= 11 is 0. The van der Waals surface area contributed by atoms with Crippen molar-refractivity contribution in [2.45, 2.75) is 296 Å². The van der Waals surface area contributed by atoms with Crippen LogP contribution in [0.1, 0.15) is 284 Å². The molecule has 4 heteroatoms. The fourth-order valence-electron chi connectivity index (χ4n) is 9.06. The highest BCUT2D eigenvalue weighted by Gasteiger charge is 2.18. The lowest BCUT2D eigenvalue weighted by atomic mass is 10.0. The minimum atomic E-state index is -0.890. The van der Waals surface area contributed by atoms with Crippen LogP contribution in [-0.4, -0.2) is 34.9 Å². The fourth-order valence-corrected chi connectivity index (χ4v) is 9.06. The molecule has 0 heterocycles. The second-order valence-corrected chi connectivity index (χ2v) is 21.4. The molecule has 2 atom stereocenters. The zero-order valence-electron chi connectivity index (χ0n) is 50.9. The van der Waals surface area contributed by atoms with Crippen LogP contribution in [0.25, 0.3) is 0 Å². The summed E-state index contributed by atoms with van der Waals surface area (Å²) in [7, 11) is 0. The Morgan fingerprint density at radius 1 is 0.321 bits per heavy atom. The van der Waals surface area contributed by atoms with E-state index in [-0.39, 0.29) is 12.5 Å². The Labute approximate surface area is 484 Å². The zero-order chi connectivity index (χ0) is 56.2. The second-order valence-electron chi connectivity index (χ2n) is 21.4. The number of amides is 1. The van der Waals surface area contributed by atoms with Gasteiger partial charge in [-0.2, -0.15) is 0 Å². The van der Waals surface area contributed by atoms with E-state index in [4.69, 9.17) is 0 Å². The van der Waals surface area contributed by atoms with Gasteiger partial charge in [0, 0.05) is 6.42 Å². The Hall–Kier alpha value is -3.99. The highest BCUT2D eigenvalue weighted by molar-refractivity contribution is 5.76. The van der Waals surface area contributed by atoms with Crippen molar-refractivity contribution in [3.63, 3.8) is 0 Å². The lowest BCUT2D eigenvalue weighted by molar-refractivity contribution is -0.123. The van der Waals surface area contributed by atoms with Gasteiger partial charge in [-0.25, -0.2) is 0 Å². The first-order chi connectivity index (χ1) is 38.7. The monoisotopic (exact) mass is 1070 g/mol. The highest BCUT2D eigenvalue weighted by Crippen LogP contribution is 2.16. The van der Waals surface area contributed by atoms with Crippen LogP contribution in [0.3, 0.4) is 0 Å². The van der Waals surface area contributed by atoms with Gasteiger partial charge in [0.15, 0.2) is 0 Å². The van der Waals surface area contributed by atoms with E-state index >= 15 is 0 Å². The van der Waals surface area contributed by atoms with Gasteiger partial charge in [0.1, 0.15) is 0 Å². The molecule has 1 amide bonds. The number of hydrogen-bond donors (Lipinski definition) is 3. The van der Waals surface area contributed by atoms with Crippen molar-refractivity contribution in [3.8, 4) is 0 Å². The summed E-state index contributed by atoms with van der Waals surface area (Å²) in [6.45, 7) is 4.18. The van der Waals surface area contributed by atoms with Crippen molar-refractivity contribution in [2.75, 3.05) is 6.61 Å². The summed E-state index contributed by atoms with van der Waals surface area (Å²) in [5.41, 5.74) is 0. The van der Waals surface area contributed by atoms with Crippen LogP contribution in [0.2, 0.25) is 0 Å². The highest BCUT2D eigenvalue weighted by atomic mass is 16.3. The van der Waals surface area contributed by atoms with Crippen LogP contribution < -0.4 is 5.32 Å². The molecule has 0 aromatic heterocycles. The zero-order valence-corrected chi connectivity index (χ0v) is 50.9. The van der Waals surface area contributed by atoms with Gasteiger partial charge in [0.2, 0.25) is 5.91 Å². The number of carbonyl (C=O) groups is 1. The fraction of sp³-hybridized carbons (Fsp3) is 0.635. The molecular formula is C74H123NO3. The largest absolute Gasteiger partial charge is 0.394 e. The number of nitrogens with one attached hydrogen (secondary N) is 1.